The molecule has 4 rings (SSSR count). The molecule has 0 saturated carbocycles. The number of aryl methyl sites for hydroxylation is 1. The highest BCUT2D eigenvalue weighted by atomic mass is 16.5. The highest BCUT2D eigenvalue weighted by Gasteiger charge is 2.16. The quantitative estimate of drug-likeness (QED) is 0.388. The number of anilines is 1. The predicted octanol–water partition coefficient (Wildman–Crippen LogP) is 4.78. The summed E-state index contributed by atoms with van der Waals surface area (Å²) in [6, 6.07) is 19.3. The lowest BCUT2D eigenvalue weighted by Gasteiger charge is -2.20. The summed E-state index contributed by atoms with van der Waals surface area (Å²) in [6.07, 6.45) is 0. The smallest absolute Gasteiger partial charge is 0.227 e. The summed E-state index contributed by atoms with van der Waals surface area (Å²) >= 11 is 0. The van der Waals surface area contributed by atoms with Crippen LogP contribution in [0.4, 0.5) is 5.82 Å². The zero-order valence-corrected chi connectivity index (χ0v) is 19.9. The van der Waals surface area contributed by atoms with Gasteiger partial charge in [0.1, 0.15) is 22.7 Å². The van der Waals surface area contributed by atoms with E-state index in [-0.39, 0.29) is 5.43 Å². The van der Waals surface area contributed by atoms with E-state index in [0.717, 1.165) is 33.8 Å². The highest BCUT2D eigenvalue weighted by Crippen LogP contribution is 2.27. The molecule has 0 aliphatic carbocycles. The van der Waals surface area contributed by atoms with Gasteiger partial charge >= 0.3 is 0 Å². The van der Waals surface area contributed by atoms with E-state index < -0.39 is 0 Å². The van der Waals surface area contributed by atoms with Crippen molar-refractivity contribution in [1.82, 2.24) is 9.55 Å². The van der Waals surface area contributed by atoms with Gasteiger partial charge in [-0.15, -0.1) is 0 Å². The first kappa shape index (κ1) is 23.2. The fourth-order valence-corrected chi connectivity index (χ4v) is 3.96. The normalized spacial score (nSPS) is 10.8. The lowest BCUT2D eigenvalue weighted by Crippen LogP contribution is -2.17. The van der Waals surface area contributed by atoms with E-state index in [9.17, 15) is 4.79 Å². The van der Waals surface area contributed by atoms with Crippen LogP contribution in [0.2, 0.25) is 0 Å². The van der Waals surface area contributed by atoms with Gasteiger partial charge in [0.15, 0.2) is 5.43 Å². The molecule has 7 heteroatoms. The molecule has 176 valence electrons. The largest absolute Gasteiger partial charge is 0.497 e. The summed E-state index contributed by atoms with van der Waals surface area (Å²) in [7, 11) is 3.30. The van der Waals surface area contributed by atoms with Crippen LogP contribution in [-0.4, -0.2) is 30.4 Å². The number of ether oxygens (including phenoxy) is 3. The lowest BCUT2D eigenvalue weighted by atomic mass is 10.1. The Hall–Kier alpha value is -4.00. The van der Waals surface area contributed by atoms with Gasteiger partial charge in [-0.25, -0.2) is 4.98 Å². The molecule has 0 fully saturated rings. The molecule has 0 aliphatic rings. The number of fused-ring (bicyclic) bond motifs is 1. The second-order valence-electron chi connectivity index (χ2n) is 7.93. The first-order valence-electron chi connectivity index (χ1n) is 11.2. The number of pyridine rings is 2. The van der Waals surface area contributed by atoms with E-state index in [4.69, 9.17) is 14.2 Å². The summed E-state index contributed by atoms with van der Waals surface area (Å²) in [5.41, 5.74) is 3.49. The molecule has 0 radical (unpaired) electrons. The van der Waals surface area contributed by atoms with Gasteiger partial charge in [0.05, 0.1) is 26.3 Å². The van der Waals surface area contributed by atoms with Gasteiger partial charge < -0.3 is 24.1 Å². The Labute approximate surface area is 198 Å². The highest BCUT2D eigenvalue weighted by molar-refractivity contribution is 5.86. The van der Waals surface area contributed by atoms with Crippen LogP contribution in [0.3, 0.4) is 0 Å². The first-order valence-corrected chi connectivity index (χ1v) is 11.2. The molecule has 2 heterocycles. The molecule has 34 heavy (non-hydrogen) atoms. The number of aromatic nitrogens is 2. The average Bonchev–Trinajstić information content (AvgIpc) is 2.84. The molecular formula is C27H29N3O4. The second-order valence-corrected chi connectivity index (χ2v) is 7.93. The Bertz CT molecular complexity index is 1360. The van der Waals surface area contributed by atoms with Crippen molar-refractivity contribution in [2.45, 2.75) is 26.9 Å². The minimum Gasteiger partial charge on any atom is -0.497 e. The third-order valence-corrected chi connectivity index (χ3v) is 5.55. The maximum atomic E-state index is 13.2. The van der Waals surface area contributed by atoms with Crippen LogP contribution in [-0.2, 0) is 13.1 Å². The summed E-state index contributed by atoms with van der Waals surface area (Å²) in [6.45, 7) is 5.27. The summed E-state index contributed by atoms with van der Waals surface area (Å²) in [5.74, 6) is 2.63. The molecule has 7 nitrogen and oxygen atoms in total. The Balaban J connectivity index is 1.84. The van der Waals surface area contributed by atoms with Crippen LogP contribution < -0.4 is 25.0 Å². The number of hydrogen-bond acceptors (Lipinski definition) is 6. The minimum atomic E-state index is -0.138. The molecule has 0 unspecified atom stereocenters. The van der Waals surface area contributed by atoms with Crippen molar-refractivity contribution >= 4 is 16.7 Å². The molecule has 0 atom stereocenters. The van der Waals surface area contributed by atoms with Gasteiger partial charge in [0.25, 0.3) is 0 Å². The molecule has 0 bridgehead atoms. The molecule has 0 amide bonds. The number of nitrogens with zero attached hydrogens (tertiary/aromatic N) is 2. The molecule has 2 aromatic heterocycles. The number of rotatable bonds is 9. The van der Waals surface area contributed by atoms with Crippen LogP contribution in [0.15, 0.2) is 65.5 Å². The topological polar surface area (TPSA) is 74.6 Å². The van der Waals surface area contributed by atoms with E-state index in [0.29, 0.717) is 36.8 Å². The summed E-state index contributed by atoms with van der Waals surface area (Å²) in [5, 5.41) is 3.92. The number of benzene rings is 2. The number of methoxy groups -OCH3 is 2. The van der Waals surface area contributed by atoms with Crippen LogP contribution in [0.1, 0.15) is 23.7 Å². The van der Waals surface area contributed by atoms with Crippen LogP contribution >= 0.6 is 0 Å². The van der Waals surface area contributed by atoms with Crippen LogP contribution in [0, 0.1) is 6.92 Å². The van der Waals surface area contributed by atoms with E-state index in [1.165, 1.54) is 0 Å². The molecule has 0 aliphatic heterocycles. The average molecular weight is 460 g/mol. The third-order valence-electron chi connectivity index (χ3n) is 5.55. The van der Waals surface area contributed by atoms with Crippen molar-refractivity contribution < 1.29 is 14.2 Å². The SMILES string of the molecule is CCOc1nc(C)cc2c1c(=O)cc(NCc1cccc(OC)c1)n2Cc1cccc(OC)c1. The Kier molecular flexibility index (Phi) is 7.01. The Morgan fingerprint density at radius 1 is 0.941 bits per heavy atom. The maximum absolute atomic E-state index is 13.2. The fraction of sp³-hybridized carbons (Fsp3) is 0.259. The van der Waals surface area contributed by atoms with Crippen LogP contribution in [0.25, 0.3) is 10.9 Å². The molecule has 1 N–H and O–H groups in total. The Morgan fingerprint density at radius 2 is 1.62 bits per heavy atom. The van der Waals surface area contributed by atoms with Gasteiger partial charge in [-0.1, -0.05) is 24.3 Å². The molecular weight excluding hydrogens is 430 g/mol. The molecule has 4 aromatic rings. The lowest BCUT2D eigenvalue weighted by molar-refractivity contribution is 0.330. The minimum absolute atomic E-state index is 0.138. The second kappa shape index (κ2) is 10.3. The molecule has 0 saturated heterocycles. The third kappa shape index (κ3) is 4.98. The van der Waals surface area contributed by atoms with E-state index >= 15 is 0 Å². The predicted molar refractivity (Wildman–Crippen MR) is 134 cm³/mol. The molecule has 2 aromatic carbocycles. The van der Waals surface area contributed by atoms with E-state index in [1.807, 2.05) is 68.4 Å². The van der Waals surface area contributed by atoms with Crippen molar-refractivity contribution in [3.05, 3.63) is 87.7 Å². The summed E-state index contributed by atoms with van der Waals surface area (Å²) in [4.78, 5) is 17.7. The van der Waals surface area contributed by atoms with Crippen LogP contribution in [0.5, 0.6) is 17.4 Å². The van der Waals surface area contributed by atoms with Gasteiger partial charge in [-0.2, -0.15) is 0 Å². The van der Waals surface area contributed by atoms with Crippen molar-refractivity contribution in [3.8, 4) is 17.4 Å². The monoisotopic (exact) mass is 459 g/mol. The van der Waals surface area contributed by atoms with Crippen molar-refractivity contribution in [2.24, 2.45) is 0 Å². The van der Waals surface area contributed by atoms with Crippen molar-refractivity contribution in [3.63, 3.8) is 0 Å². The maximum Gasteiger partial charge on any atom is 0.227 e. The first-order chi connectivity index (χ1) is 16.5. The summed E-state index contributed by atoms with van der Waals surface area (Å²) < 4.78 is 18.6. The van der Waals surface area contributed by atoms with E-state index in [1.54, 1.807) is 20.3 Å². The zero-order chi connectivity index (χ0) is 24.1. The fourth-order valence-electron chi connectivity index (χ4n) is 3.96. The van der Waals surface area contributed by atoms with Crippen molar-refractivity contribution in [1.29, 1.82) is 0 Å². The van der Waals surface area contributed by atoms with Crippen molar-refractivity contribution in [2.75, 3.05) is 26.1 Å². The Morgan fingerprint density at radius 3 is 2.29 bits per heavy atom. The zero-order valence-electron chi connectivity index (χ0n) is 19.9. The van der Waals surface area contributed by atoms with Gasteiger partial charge in [-0.05, 0) is 55.3 Å². The standard InChI is InChI=1S/C27H29N3O4/c1-5-34-27-26-23(12-18(2)29-27)30(17-20-9-7-11-22(14-20)33-4)25(15-24(26)31)28-16-19-8-6-10-21(13-19)32-3/h6-15,28H,5,16-17H2,1-4H3. The number of hydrogen-bond donors (Lipinski definition) is 1. The van der Waals surface area contributed by atoms with Gasteiger partial charge in [-0.3, -0.25) is 4.79 Å². The van der Waals surface area contributed by atoms with Gasteiger partial charge in [0, 0.05) is 24.8 Å². The molecule has 0 spiro atoms. The van der Waals surface area contributed by atoms with E-state index in [2.05, 4.69) is 14.9 Å². The number of nitrogens with one attached hydrogen (secondary N) is 1. The van der Waals surface area contributed by atoms with Gasteiger partial charge in [0.2, 0.25) is 5.88 Å².